The standard InChI is InChI=1S/C16H19F2NO3/c1-2-22-16(21)11-8-12(17)13(18)9-14(11)19-15(20)10-6-4-3-5-7-10/h3-7,11-14H,2,8-9H2,1H3,(H,19,20)/t11-,12+,13-,14-/m0/s1. The predicted octanol–water partition coefficient (Wildman–Crippen LogP) is 2.43. The number of ether oxygens (including phenoxy) is 1. The number of halogens is 2. The van der Waals surface area contributed by atoms with Gasteiger partial charge in [0.15, 0.2) is 0 Å². The Bertz CT molecular complexity index is 523. The maximum Gasteiger partial charge on any atom is 0.311 e. The summed E-state index contributed by atoms with van der Waals surface area (Å²) < 4.78 is 32.1. The van der Waals surface area contributed by atoms with Gasteiger partial charge in [-0.3, -0.25) is 9.59 Å². The van der Waals surface area contributed by atoms with Gasteiger partial charge in [0.05, 0.1) is 12.5 Å². The molecule has 1 N–H and O–H groups in total. The van der Waals surface area contributed by atoms with Crippen LogP contribution in [0.3, 0.4) is 0 Å². The molecule has 0 heterocycles. The first-order valence-corrected chi connectivity index (χ1v) is 7.33. The predicted molar refractivity (Wildman–Crippen MR) is 76.8 cm³/mol. The van der Waals surface area contributed by atoms with Gasteiger partial charge < -0.3 is 10.1 Å². The van der Waals surface area contributed by atoms with Crippen molar-refractivity contribution in [2.45, 2.75) is 38.2 Å². The number of alkyl halides is 2. The lowest BCUT2D eigenvalue weighted by Crippen LogP contribution is -2.51. The van der Waals surface area contributed by atoms with Gasteiger partial charge in [-0.15, -0.1) is 0 Å². The first-order valence-electron chi connectivity index (χ1n) is 7.33. The zero-order valence-corrected chi connectivity index (χ0v) is 12.3. The average molecular weight is 311 g/mol. The SMILES string of the molecule is CCOC(=O)[C@H]1C[C@@H](F)[C@@H](F)C[C@@H]1NC(=O)c1ccccc1. The Hall–Kier alpha value is -1.98. The van der Waals surface area contributed by atoms with Gasteiger partial charge in [0, 0.05) is 18.0 Å². The Morgan fingerprint density at radius 1 is 1.18 bits per heavy atom. The second-order valence-corrected chi connectivity index (χ2v) is 5.31. The van der Waals surface area contributed by atoms with Crippen LogP contribution in [0.5, 0.6) is 0 Å². The highest BCUT2D eigenvalue weighted by molar-refractivity contribution is 5.94. The molecule has 0 radical (unpaired) electrons. The van der Waals surface area contributed by atoms with E-state index in [-0.39, 0.29) is 19.4 Å². The van der Waals surface area contributed by atoms with Crippen molar-refractivity contribution in [1.82, 2.24) is 5.32 Å². The molecule has 4 nitrogen and oxygen atoms in total. The number of esters is 1. The summed E-state index contributed by atoms with van der Waals surface area (Å²) in [6, 6.07) is 7.63. The lowest BCUT2D eigenvalue weighted by molar-refractivity contribution is -0.151. The molecule has 1 aromatic carbocycles. The summed E-state index contributed by atoms with van der Waals surface area (Å²) in [5, 5.41) is 2.63. The highest BCUT2D eigenvalue weighted by Gasteiger charge is 2.42. The number of nitrogens with one attached hydrogen (secondary N) is 1. The van der Waals surface area contributed by atoms with E-state index in [1.807, 2.05) is 0 Å². The smallest absolute Gasteiger partial charge is 0.311 e. The maximum absolute atomic E-state index is 13.6. The van der Waals surface area contributed by atoms with E-state index in [4.69, 9.17) is 4.74 Å². The van der Waals surface area contributed by atoms with Crippen LogP contribution in [-0.2, 0) is 9.53 Å². The van der Waals surface area contributed by atoms with Gasteiger partial charge in [-0.05, 0) is 25.5 Å². The lowest BCUT2D eigenvalue weighted by Gasteiger charge is -2.34. The first-order chi connectivity index (χ1) is 10.5. The number of hydrogen-bond acceptors (Lipinski definition) is 3. The van der Waals surface area contributed by atoms with E-state index in [0.29, 0.717) is 5.56 Å². The molecule has 120 valence electrons. The normalized spacial score (nSPS) is 28.0. The minimum absolute atomic E-state index is 0.157. The number of carbonyl (C=O) groups is 2. The van der Waals surface area contributed by atoms with E-state index in [1.165, 1.54) is 0 Å². The highest BCUT2D eigenvalue weighted by atomic mass is 19.2. The van der Waals surface area contributed by atoms with Crippen molar-refractivity contribution in [2.75, 3.05) is 6.61 Å². The highest BCUT2D eigenvalue weighted by Crippen LogP contribution is 2.30. The van der Waals surface area contributed by atoms with Crippen molar-refractivity contribution < 1.29 is 23.1 Å². The minimum atomic E-state index is -1.71. The van der Waals surface area contributed by atoms with Gasteiger partial charge in [-0.25, -0.2) is 8.78 Å². The second-order valence-electron chi connectivity index (χ2n) is 5.31. The second kappa shape index (κ2) is 7.33. The first kappa shape index (κ1) is 16.4. The largest absolute Gasteiger partial charge is 0.466 e. The van der Waals surface area contributed by atoms with Gasteiger partial charge >= 0.3 is 5.97 Å². The molecule has 6 heteroatoms. The summed E-state index contributed by atoms with van der Waals surface area (Å²) in [7, 11) is 0. The molecule has 1 aliphatic rings. The Balaban J connectivity index is 2.10. The molecule has 1 saturated carbocycles. The van der Waals surface area contributed by atoms with Crippen LogP contribution in [0.4, 0.5) is 8.78 Å². The zero-order chi connectivity index (χ0) is 16.1. The van der Waals surface area contributed by atoms with Gasteiger partial charge in [-0.1, -0.05) is 18.2 Å². The molecular weight excluding hydrogens is 292 g/mol. The summed E-state index contributed by atoms with van der Waals surface area (Å²) in [5.41, 5.74) is 0.405. The van der Waals surface area contributed by atoms with Gasteiger partial charge in [0.1, 0.15) is 12.3 Å². The van der Waals surface area contributed by atoms with Crippen LogP contribution in [-0.4, -0.2) is 36.9 Å². The molecule has 0 unspecified atom stereocenters. The summed E-state index contributed by atoms with van der Waals surface area (Å²) in [6.45, 7) is 1.80. The Morgan fingerprint density at radius 3 is 2.45 bits per heavy atom. The van der Waals surface area contributed by atoms with Gasteiger partial charge in [0.2, 0.25) is 0 Å². The number of benzene rings is 1. The molecule has 1 aromatic rings. The van der Waals surface area contributed by atoms with E-state index in [9.17, 15) is 18.4 Å². The molecule has 0 bridgehead atoms. The summed E-state index contributed by atoms with van der Waals surface area (Å²) in [5.74, 6) is -1.88. The zero-order valence-electron chi connectivity index (χ0n) is 12.3. The number of amides is 1. The quantitative estimate of drug-likeness (QED) is 0.869. The molecule has 22 heavy (non-hydrogen) atoms. The molecular formula is C16H19F2NO3. The fourth-order valence-electron chi connectivity index (χ4n) is 2.62. The molecule has 4 atom stereocenters. The molecule has 0 spiro atoms. The van der Waals surface area contributed by atoms with E-state index in [0.717, 1.165) is 0 Å². The van der Waals surface area contributed by atoms with Crippen molar-refractivity contribution in [3.05, 3.63) is 35.9 Å². The van der Waals surface area contributed by atoms with Crippen LogP contribution in [0.25, 0.3) is 0 Å². The molecule has 1 fully saturated rings. The number of rotatable bonds is 4. The molecule has 2 rings (SSSR count). The topological polar surface area (TPSA) is 55.4 Å². The fourth-order valence-corrected chi connectivity index (χ4v) is 2.62. The van der Waals surface area contributed by atoms with Crippen molar-refractivity contribution in [1.29, 1.82) is 0 Å². The third-order valence-corrected chi connectivity index (χ3v) is 3.78. The van der Waals surface area contributed by atoms with Crippen molar-refractivity contribution in [3.63, 3.8) is 0 Å². The number of carbonyl (C=O) groups excluding carboxylic acids is 2. The molecule has 0 aromatic heterocycles. The van der Waals surface area contributed by atoms with Crippen LogP contribution in [0, 0.1) is 5.92 Å². The van der Waals surface area contributed by atoms with Crippen LogP contribution in [0.2, 0.25) is 0 Å². The van der Waals surface area contributed by atoms with E-state index >= 15 is 0 Å². The Labute approximate surface area is 127 Å². The molecule has 1 aliphatic carbocycles. The summed E-state index contributed by atoms with van der Waals surface area (Å²) in [4.78, 5) is 24.1. The summed E-state index contributed by atoms with van der Waals surface area (Å²) in [6.07, 6.45) is -3.91. The van der Waals surface area contributed by atoms with Gasteiger partial charge in [0.25, 0.3) is 5.91 Å². The Morgan fingerprint density at radius 2 is 1.82 bits per heavy atom. The van der Waals surface area contributed by atoms with E-state index < -0.39 is 36.2 Å². The summed E-state index contributed by atoms with van der Waals surface area (Å²) >= 11 is 0. The van der Waals surface area contributed by atoms with E-state index in [1.54, 1.807) is 37.3 Å². The maximum atomic E-state index is 13.6. The molecule has 1 amide bonds. The Kier molecular flexibility index (Phi) is 5.46. The van der Waals surface area contributed by atoms with Crippen LogP contribution < -0.4 is 5.32 Å². The third kappa shape index (κ3) is 3.81. The monoisotopic (exact) mass is 311 g/mol. The van der Waals surface area contributed by atoms with Crippen LogP contribution in [0.1, 0.15) is 30.1 Å². The van der Waals surface area contributed by atoms with Crippen LogP contribution >= 0.6 is 0 Å². The number of hydrogen-bond donors (Lipinski definition) is 1. The minimum Gasteiger partial charge on any atom is -0.466 e. The lowest BCUT2D eigenvalue weighted by atomic mass is 9.82. The van der Waals surface area contributed by atoms with Gasteiger partial charge in [-0.2, -0.15) is 0 Å². The van der Waals surface area contributed by atoms with Crippen molar-refractivity contribution >= 4 is 11.9 Å². The van der Waals surface area contributed by atoms with Crippen molar-refractivity contribution in [3.8, 4) is 0 Å². The van der Waals surface area contributed by atoms with E-state index in [2.05, 4.69) is 5.32 Å². The molecule has 0 saturated heterocycles. The van der Waals surface area contributed by atoms with Crippen molar-refractivity contribution in [2.24, 2.45) is 5.92 Å². The third-order valence-electron chi connectivity index (χ3n) is 3.78. The fraction of sp³-hybridized carbons (Fsp3) is 0.500. The molecule has 0 aliphatic heterocycles. The average Bonchev–Trinajstić information content (AvgIpc) is 2.51. The van der Waals surface area contributed by atoms with Crippen LogP contribution in [0.15, 0.2) is 30.3 Å².